The Hall–Kier alpha value is -0.930. The Morgan fingerprint density at radius 3 is 2.61 bits per heavy atom. The molecule has 2 nitrogen and oxygen atoms in total. The molecule has 1 atom stereocenters. The lowest BCUT2D eigenvalue weighted by atomic mass is 9.75. The molecule has 100 valence electrons. The minimum absolute atomic E-state index is 0.0449. The van der Waals surface area contributed by atoms with Crippen LogP contribution >= 0.6 is 0 Å². The van der Waals surface area contributed by atoms with Gasteiger partial charge in [-0.1, -0.05) is 18.2 Å². The summed E-state index contributed by atoms with van der Waals surface area (Å²) in [5.41, 5.74) is 7.03. The minimum Gasteiger partial charge on any atom is -0.325 e. The van der Waals surface area contributed by atoms with Gasteiger partial charge in [0.25, 0.3) is 0 Å². The lowest BCUT2D eigenvalue weighted by Gasteiger charge is -2.40. The van der Waals surface area contributed by atoms with Crippen LogP contribution < -0.4 is 5.73 Å². The van der Waals surface area contributed by atoms with Gasteiger partial charge in [0, 0.05) is 23.7 Å². The number of rotatable bonds is 5. The van der Waals surface area contributed by atoms with Crippen molar-refractivity contribution in [3.63, 3.8) is 0 Å². The maximum atomic E-state index is 13.7. The predicted octanol–water partition coefficient (Wildman–Crippen LogP) is 3.09. The van der Waals surface area contributed by atoms with E-state index in [1.807, 2.05) is 26.1 Å². The first-order valence-corrected chi connectivity index (χ1v) is 6.75. The lowest BCUT2D eigenvalue weighted by Crippen LogP contribution is -2.48. The topological polar surface area (TPSA) is 29.3 Å². The van der Waals surface area contributed by atoms with Crippen molar-refractivity contribution >= 4 is 0 Å². The third kappa shape index (κ3) is 2.90. The third-order valence-corrected chi connectivity index (χ3v) is 4.33. The summed E-state index contributed by atoms with van der Waals surface area (Å²) in [4.78, 5) is 2.19. The molecular weight excluding hydrogens is 227 g/mol. The normalized spacial score (nSPS) is 19.6. The van der Waals surface area contributed by atoms with Crippen molar-refractivity contribution in [2.75, 3.05) is 13.6 Å². The molecule has 2 rings (SSSR count). The van der Waals surface area contributed by atoms with Crippen molar-refractivity contribution in [1.29, 1.82) is 0 Å². The number of hydrogen-bond acceptors (Lipinski definition) is 2. The fourth-order valence-electron chi connectivity index (χ4n) is 2.52. The van der Waals surface area contributed by atoms with Crippen LogP contribution in [0.25, 0.3) is 0 Å². The summed E-state index contributed by atoms with van der Waals surface area (Å²) in [5.74, 6) is -0.122. The molecule has 0 radical (unpaired) electrons. The third-order valence-electron chi connectivity index (χ3n) is 4.33. The maximum Gasteiger partial charge on any atom is 0.127 e. The van der Waals surface area contributed by atoms with Gasteiger partial charge in [0.05, 0.1) is 0 Å². The first kappa shape index (κ1) is 13.5. The predicted molar refractivity (Wildman–Crippen MR) is 72.8 cm³/mol. The molecule has 0 heterocycles. The average Bonchev–Trinajstić information content (AvgIpc) is 2.33. The van der Waals surface area contributed by atoms with Crippen LogP contribution in [0.15, 0.2) is 24.3 Å². The van der Waals surface area contributed by atoms with E-state index in [9.17, 15) is 4.39 Å². The van der Waals surface area contributed by atoms with E-state index in [1.54, 1.807) is 6.07 Å². The molecule has 1 saturated carbocycles. The number of halogens is 1. The Morgan fingerprint density at radius 2 is 2.06 bits per heavy atom. The quantitative estimate of drug-likeness (QED) is 0.870. The summed E-state index contributed by atoms with van der Waals surface area (Å²) in [6, 6.07) is 7.09. The van der Waals surface area contributed by atoms with Gasteiger partial charge < -0.3 is 5.73 Å². The maximum absolute atomic E-state index is 13.7. The Bertz CT molecular complexity index is 401. The molecule has 2 N–H and O–H groups in total. The summed E-state index contributed by atoms with van der Waals surface area (Å²) in [5, 5.41) is 0. The number of nitrogens with two attached hydrogens (primary N) is 1. The van der Waals surface area contributed by atoms with Crippen molar-refractivity contribution in [2.24, 2.45) is 5.73 Å². The van der Waals surface area contributed by atoms with E-state index < -0.39 is 0 Å². The standard InChI is InChI=1S/C15H23FN2/c1-12(13-6-3-4-7-14(13)16)18(2)11-10-15(17)8-5-9-15/h3-4,6-7,12H,5,8-11,17H2,1-2H3. The highest BCUT2D eigenvalue weighted by molar-refractivity contribution is 5.20. The van der Waals surface area contributed by atoms with Crippen molar-refractivity contribution < 1.29 is 4.39 Å². The fraction of sp³-hybridized carbons (Fsp3) is 0.600. The second-order valence-electron chi connectivity index (χ2n) is 5.64. The molecule has 1 aromatic rings. The summed E-state index contributed by atoms with van der Waals surface area (Å²) >= 11 is 0. The molecule has 1 unspecified atom stereocenters. The van der Waals surface area contributed by atoms with Crippen molar-refractivity contribution in [1.82, 2.24) is 4.90 Å². The van der Waals surface area contributed by atoms with Crippen LogP contribution in [-0.4, -0.2) is 24.0 Å². The first-order valence-electron chi connectivity index (χ1n) is 6.75. The van der Waals surface area contributed by atoms with Gasteiger partial charge in [0.15, 0.2) is 0 Å². The van der Waals surface area contributed by atoms with Crippen molar-refractivity contribution in [2.45, 2.75) is 44.2 Å². The van der Waals surface area contributed by atoms with Crippen LogP contribution in [0.5, 0.6) is 0 Å². The lowest BCUT2D eigenvalue weighted by molar-refractivity contribution is 0.174. The average molecular weight is 250 g/mol. The van der Waals surface area contributed by atoms with E-state index in [4.69, 9.17) is 5.73 Å². The molecule has 3 heteroatoms. The molecule has 1 aliphatic rings. The van der Waals surface area contributed by atoms with Crippen LogP contribution in [-0.2, 0) is 0 Å². The van der Waals surface area contributed by atoms with E-state index in [0.29, 0.717) is 0 Å². The second-order valence-corrected chi connectivity index (χ2v) is 5.64. The molecule has 1 aromatic carbocycles. The van der Waals surface area contributed by atoms with Gasteiger partial charge in [-0.25, -0.2) is 4.39 Å². The smallest absolute Gasteiger partial charge is 0.127 e. The van der Waals surface area contributed by atoms with Gasteiger partial charge in [-0.2, -0.15) is 0 Å². The molecule has 0 aliphatic heterocycles. The Balaban J connectivity index is 1.92. The van der Waals surface area contributed by atoms with Gasteiger partial charge >= 0.3 is 0 Å². The van der Waals surface area contributed by atoms with Crippen LogP contribution in [0.1, 0.15) is 44.2 Å². The highest BCUT2D eigenvalue weighted by Crippen LogP contribution is 2.33. The number of hydrogen-bond donors (Lipinski definition) is 1. The molecule has 0 saturated heterocycles. The second kappa shape index (κ2) is 5.37. The van der Waals surface area contributed by atoms with Crippen LogP contribution in [0.2, 0.25) is 0 Å². The molecule has 0 aromatic heterocycles. The summed E-state index contributed by atoms with van der Waals surface area (Å²) in [6.45, 7) is 2.97. The Labute approximate surface area is 109 Å². The summed E-state index contributed by atoms with van der Waals surface area (Å²) in [6.07, 6.45) is 4.52. The SMILES string of the molecule is CC(c1ccccc1F)N(C)CCC1(N)CCC1. The van der Waals surface area contributed by atoms with Crippen molar-refractivity contribution in [3.05, 3.63) is 35.6 Å². The largest absolute Gasteiger partial charge is 0.325 e. The zero-order chi connectivity index (χ0) is 13.2. The minimum atomic E-state index is -0.122. The highest BCUT2D eigenvalue weighted by Gasteiger charge is 2.32. The van der Waals surface area contributed by atoms with Gasteiger partial charge in [0.1, 0.15) is 5.82 Å². The van der Waals surface area contributed by atoms with E-state index in [0.717, 1.165) is 31.4 Å². The van der Waals surface area contributed by atoms with Crippen LogP contribution in [0.4, 0.5) is 4.39 Å². The van der Waals surface area contributed by atoms with Gasteiger partial charge in [0.2, 0.25) is 0 Å². The molecule has 0 amide bonds. The molecular formula is C15H23FN2. The van der Waals surface area contributed by atoms with Crippen molar-refractivity contribution in [3.8, 4) is 0 Å². The zero-order valence-electron chi connectivity index (χ0n) is 11.3. The Morgan fingerprint density at radius 1 is 1.39 bits per heavy atom. The van der Waals surface area contributed by atoms with Gasteiger partial charge in [-0.3, -0.25) is 4.90 Å². The van der Waals surface area contributed by atoms with Crippen LogP contribution in [0.3, 0.4) is 0 Å². The van der Waals surface area contributed by atoms with Gasteiger partial charge in [-0.15, -0.1) is 0 Å². The van der Waals surface area contributed by atoms with Crippen LogP contribution in [0, 0.1) is 5.82 Å². The fourth-order valence-corrected chi connectivity index (χ4v) is 2.52. The number of nitrogens with zero attached hydrogens (tertiary/aromatic N) is 1. The Kier molecular flexibility index (Phi) is 4.03. The van der Waals surface area contributed by atoms with Gasteiger partial charge in [-0.05, 0) is 45.7 Å². The molecule has 1 fully saturated rings. The summed E-state index contributed by atoms with van der Waals surface area (Å²) < 4.78 is 13.7. The van der Waals surface area contributed by atoms with E-state index in [2.05, 4.69) is 4.90 Å². The monoisotopic (exact) mass is 250 g/mol. The molecule has 0 bridgehead atoms. The number of benzene rings is 1. The molecule has 0 spiro atoms. The van der Waals surface area contributed by atoms with E-state index >= 15 is 0 Å². The molecule has 1 aliphatic carbocycles. The van der Waals surface area contributed by atoms with E-state index in [-0.39, 0.29) is 17.4 Å². The first-order chi connectivity index (χ1) is 8.52. The van der Waals surface area contributed by atoms with E-state index in [1.165, 1.54) is 12.5 Å². The summed E-state index contributed by atoms with van der Waals surface area (Å²) in [7, 11) is 2.04. The highest BCUT2D eigenvalue weighted by atomic mass is 19.1. The molecule has 18 heavy (non-hydrogen) atoms. The zero-order valence-corrected chi connectivity index (χ0v) is 11.3.